The molecule has 1 amide bonds. The van der Waals surface area contributed by atoms with E-state index in [9.17, 15) is 9.59 Å². The summed E-state index contributed by atoms with van der Waals surface area (Å²) in [6, 6.07) is 29.5. The molecule has 45 heavy (non-hydrogen) atoms. The van der Waals surface area contributed by atoms with Crippen molar-refractivity contribution in [1.82, 2.24) is 19.7 Å². The molecule has 6 aromatic rings. The van der Waals surface area contributed by atoms with E-state index in [0.717, 1.165) is 38.9 Å². The quantitative estimate of drug-likeness (QED) is 0.0879. The predicted molar refractivity (Wildman–Crippen MR) is 181 cm³/mol. The molecule has 0 atom stereocenters. The van der Waals surface area contributed by atoms with Crippen molar-refractivity contribution in [3.8, 4) is 33.8 Å². The number of ether oxygens (including phenoxy) is 1. The molecule has 0 spiro atoms. The molecular weight excluding hydrogens is 603 g/mol. The minimum Gasteiger partial charge on any atom is -0.462 e. The van der Waals surface area contributed by atoms with Crippen LogP contribution in [0.3, 0.4) is 0 Å². The Morgan fingerprint density at radius 1 is 0.956 bits per heavy atom. The lowest BCUT2D eigenvalue weighted by Crippen LogP contribution is -2.17. The number of hydrogen-bond acceptors (Lipinski definition) is 8. The number of carbonyl (C=O) groups is 2. The van der Waals surface area contributed by atoms with E-state index >= 15 is 0 Å². The number of thioether (sulfide) groups is 1. The van der Waals surface area contributed by atoms with Gasteiger partial charge in [0.2, 0.25) is 5.91 Å². The van der Waals surface area contributed by atoms with Gasteiger partial charge in [-0.15, -0.1) is 28.1 Å². The number of esters is 1. The molecule has 0 aliphatic carbocycles. The Morgan fingerprint density at radius 2 is 1.67 bits per heavy atom. The van der Waals surface area contributed by atoms with Crippen LogP contribution in [-0.4, -0.2) is 44.0 Å². The van der Waals surface area contributed by atoms with Gasteiger partial charge in [-0.3, -0.25) is 9.36 Å². The summed E-state index contributed by atoms with van der Waals surface area (Å²) in [5.41, 5.74) is 5.50. The number of anilines is 1. The zero-order valence-electron chi connectivity index (χ0n) is 24.5. The number of benzene rings is 3. The lowest BCUT2D eigenvalue weighted by Gasteiger charge is -2.12. The average Bonchev–Trinajstić information content (AvgIpc) is 3.68. The molecule has 0 fully saturated rings. The minimum absolute atomic E-state index is 0.0580. The molecule has 0 bridgehead atoms. The highest BCUT2D eigenvalue weighted by Gasteiger charge is 2.24. The fourth-order valence-corrected chi connectivity index (χ4v) is 6.71. The van der Waals surface area contributed by atoms with Crippen LogP contribution in [0, 0.1) is 0 Å². The van der Waals surface area contributed by atoms with Crippen LogP contribution >= 0.6 is 23.1 Å². The molecule has 6 rings (SSSR count). The van der Waals surface area contributed by atoms with Gasteiger partial charge in [-0.25, -0.2) is 9.78 Å². The third-order valence-electron chi connectivity index (χ3n) is 7.00. The van der Waals surface area contributed by atoms with Crippen molar-refractivity contribution >= 4 is 50.9 Å². The van der Waals surface area contributed by atoms with E-state index in [-0.39, 0.29) is 18.3 Å². The number of hydrogen-bond donors (Lipinski definition) is 1. The highest BCUT2D eigenvalue weighted by atomic mass is 32.2. The van der Waals surface area contributed by atoms with Gasteiger partial charge in [0.25, 0.3) is 0 Å². The third kappa shape index (κ3) is 6.43. The van der Waals surface area contributed by atoms with Gasteiger partial charge < -0.3 is 10.1 Å². The van der Waals surface area contributed by atoms with Gasteiger partial charge in [0.15, 0.2) is 11.0 Å². The number of fused-ring (bicyclic) bond motifs is 1. The summed E-state index contributed by atoms with van der Waals surface area (Å²) < 4.78 is 7.28. The molecule has 3 heterocycles. The molecule has 10 heteroatoms. The Morgan fingerprint density at radius 3 is 2.40 bits per heavy atom. The Labute approximate surface area is 268 Å². The number of carbonyl (C=O) groups excluding carboxylic acids is 2. The highest BCUT2D eigenvalue weighted by Crippen LogP contribution is 2.37. The number of nitrogens with zero attached hydrogens (tertiary/aromatic N) is 4. The fraction of sp³-hybridized carbons (Fsp3) is 0.114. The first kappa shape index (κ1) is 30.0. The third-order valence-corrected chi connectivity index (χ3v) is 8.86. The molecule has 0 aliphatic rings. The van der Waals surface area contributed by atoms with Gasteiger partial charge in [0.05, 0.1) is 23.6 Å². The second-order valence-electron chi connectivity index (χ2n) is 9.92. The number of para-hydroxylation sites is 1. The summed E-state index contributed by atoms with van der Waals surface area (Å²) >= 11 is 2.56. The maximum atomic E-state index is 13.2. The predicted octanol–water partition coefficient (Wildman–Crippen LogP) is 7.98. The van der Waals surface area contributed by atoms with Crippen LogP contribution in [0.5, 0.6) is 0 Å². The number of aromatic nitrogens is 4. The Hall–Kier alpha value is -5.06. The molecule has 0 saturated carbocycles. The molecule has 1 N–H and O–H groups in total. The SMILES string of the molecule is C=CCn1c(SCC(=O)Nc2scc(-c3ccccc3)c2C(=O)OCC)nnc1-c1cc(-c2ccccc2)nc2ccccc12. The van der Waals surface area contributed by atoms with Crippen LogP contribution < -0.4 is 5.32 Å². The van der Waals surface area contributed by atoms with E-state index in [1.807, 2.05) is 101 Å². The summed E-state index contributed by atoms with van der Waals surface area (Å²) in [6.07, 6.45) is 1.78. The van der Waals surface area contributed by atoms with Crippen LogP contribution in [0.25, 0.3) is 44.7 Å². The molecule has 0 aliphatic heterocycles. The number of nitrogens with one attached hydrogen (secondary N) is 1. The minimum atomic E-state index is -0.477. The standard InChI is InChI=1S/C35H29N5O3S2/c1-3-19-40-32(26-20-29(24-15-9-6-10-16-24)36-28-18-12-11-17-25(26)28)38-39-35(40)45-22-30(41)37-33-31(34(42)43-4-2)27(21-44-33)23-13-7-5-8-14-23/h3,5-18,20-21H,1,4,19,22H2,2H3,(H,37,41). The van der Waals surface area contributed by atoms with Gasteiger partial charge in [0.1, 0.15) is 10.6 Å². The number of pyridine rings is 1. The van der Waals surface area contributed by atoms with Crippen molar-refractivity contribution in [2.75, 3.05) is 17.7 Å². The van der Waals surface area contributed by atoms with Crippen molar-refractivity contribution in [3.05, 3.63) is 115 Å². The summed E-state index contributed by atoms with van der Waals surface area (Å²) in [5.74, 6) is -0.0376. The monoisotopic (exact) mass is 631 g/mol. The Bertz CT molecular complexity index is 1990. The Balaban J connectivity index is 1.28. The van der Waals surface area contributed by atoms with Gasteiger partial charge in [-0.1, -0.05) is 96.7 Å². The number of thiophene rings is 1. The van der Waals surface area contributed by atoms with Gasteiger partial charge in [-0.2, -0.15) is 0 Å². The first-order valence-corrected chi connectivity index (χ1v) is 16.2. The fourth-order valence-electron chi connectivity index (χ4n) is 4.98. The number of allylic oxidation sites excluding steroid dienone is 1. The van der Waals surface area contributed by atoms with Crippen molar-refractivity contribution in [1.29, 1.82) is 0 Å². The van der Waals surface area contributed by atoms with Crippen LogP contribution in [0.4, 0.5) is 5.00 Å². The lowest BCUT2D eigenvalue weighted by atomic mass is 10.0. The van der Waals surface area contributed by atoms with E-state index in [1.54, 1.807) is 13.0 Å². The summed E-state index contributed by atoms with van der Waals surface area (Å²) in [7, 11) is 0. The van der Waals surface area contributed by atoms with Crippen LogP contribution in [0.1, 0.15) is 17.3 Å². The molecule has 0 saturated heterocycles. The molecule has 8 nitrogen and oxygen atoms in total. The summed E-state index contributed by atoms with van der Waals surface area (Å²) in [5, 5.41) is 15.8. The lowest BCUT2D eigenvalue weighted by molar-refractivity contribution is -0.113. The zero-order valence-corrected chi connectivity index (χ0v) is 26.1. The zero-order chi connectivity index (χ0) is 31.2. The van der Waals surface area contributed by atoms with Crippen molar-refractivity contribution in [2.45, 2.75) is 18.6 Å². The maximum Gasteiger partial charge on any atom is 0.341 e. The van der Waals surface area contributed by atoms with Gasteiger partial charge in [0, 0.05) is 34.0 Å². The van der Waals surface area contributed by atoms with Crippen molar-refractivity contribution < 1.29 is 14.3 Å². The van der Waals surface area contributed by atoms with Crippen LogP contribution in [0.15, 0.2) is 114 Å². The number of rotatable bonds is 11. The largest absolute Gasteiger partial charge is 0.462 e. The van der Waals surface area contributed by atoms with Crippen LogP contribution in [-0.2, 0) is 16.1 Å². The molecule has 3 aromatic heterocycles. The van der Waals surface area contributed by atoms with Crippen molar-refractivity contribution in [2.24, 2.45) is 0 Å². The topological polar surface area (TPSA) is 99.0 Å². The summed E-state index contributed by atoms with van der Waals surface area (Å²) in [6.45, 7) is 6.37. The van der Waals surface area contributed by atoms with E-state index in [1.165, 1.54) is 23.1 Å². The first-order valence-electron chi connectivity index (χ1n) is 14.3. The molecular formula is C35H29N5O3S2. The number of amides is 1. The molecule has 3 aromatic carbocycles. The smallest absolute Gasteiger partial charge is 0.341 e. The second kappa shape index (κ2) is 13.7. The molecule has 0 unspecified atom stereocenters. The molecule has 224 valence electrons. The Kier molecular flexibility index (Phi) is 9.14. The maximum absolute atomic E-state index is 13.2. The van der Waals surface area contributed by atoms with E-state index in [0.29, 0.717) is 28.1 Å². The van der Waals surface area contributed by atoms with Crippen LogP contribution in [0.2, 0.25) is 0 Å². The van der Waals surface area contributed by atoms with E-state index in [2.05, 4.69) is 22.1 Å². The van der Waals surface area contributed by atoms with Crippen molar-refractivity contribution in [3.63, 3.8) is 0 Å². The molecule has 0 radical (unpaired) electrons. The van der Waals surface area contributed by atoms with Gasteiger partial charge in [-0.05, 0) is 24.6 Å². The highest BCUT2D eigenvalue weighted by molar-refractivity contribution is 7.99. The second-order valence-corrected chi connectivity index (χ2v) is 11.7. The average molecular weight is 632 g/mol. The van der Waals surface area contributed by atoms with E-state index < -0.39 is 5.97 Å². The van der Waals surface area contributed by atoms with E-state index in [4.69, 9.17) is 9.72 Å². The van der Waals surface area contributed by atoms with Gasteiger partial charge >= 0.3 is 5.97 Å². The normalized spacial score (nSPS) is 11.0. The first-order chi connectivity index (χ1) is 22.1. The summed E-state index contributed by atoms with van der Waals surface area (Å²) in [4.78, 5) is 31.1.